The Bertz CT molecular complexity index is 431. The van der Waals surface area contributed by atoms with Crippen LogP contribution in [0.25, 0.3) is 0 Å². The lowest BCUT2D eigenvalue weighted by atomic mass is 10.0. The smallest absolute Gasteiger partial charge is 0.260 e. The second-order valence-electron chi connectivity index (χ2n) is 5.18. The number of piperidine rings is 1. The Balaban J connectivity index is 1.92. The zero-order chi connectivity index (χ0) is 13.7. The van der Waals surface area contributed by atoms with Crippen LogP contribution < -0.4 is 4.74 Å². The summed E-state index contributed by atoms with van der Waals surface area (Å²) in [5, 5.41) is 0. The van der Waals surface area contributed by atoms with Crippen molar-refractivity contribution in [3.63, 3.8) is 0 Å². The largest absolute Gasteiger partial charge is 0.483 e. The fraction of sp³-hybridized carbons (Fsp3) is 0.562. The SMILES string of the molecule is CCc1ccccc1OCC(=O)N1CCCCC1C. The number of nitrogens with zero attached hydrogens (tertiary/aromatic N) is 1. The maximum absolute atomic E-state index is 12.2. The highest BCUT2D eigenvalue weighted by molar-refractivity contribution is 5.78. The maximum atomic E-state index is 12.2. The van der Waals surface area contributed by atoms with Crippen molar-refractivity contribution < 1.29 is 9.53 Å². The molecule has 1 aromatic rings. The Morgan fingerprint density at radius 2 is 2.16 bits per heavy atom. The molecular weight excluding hydrogens is 238 g/mol. The maximum Gasteiger partial charge on any atom is 0.260 e. The molecule has 0 saturated carbocycles. The van der Waals surface area contributed by atoms with Crippen LogP contribution in [0.4, 0.5) is 0 Å². The minimum absolute atomic E-state index is 0.109. The van der Waals surface area contributed by atoms with E-state index in [9.17, 15) is 4.79 Å². The van der Waals surface area contributed by atoms with Crippen molar-refractivity contribution in [1.29, 1.82) is 0 Å². The monoisotopic (exact) mass is 261 g/mol. The van der Waals surface area contributed by atoms with Crippen molar-refractivity contribution in [3.05, 3.63) is 29.8 Å². The van der Waals surface area contributed by atoms with E-state index in [1.54, 1.807) is 0 Å². The molecule has 0 radical (unpaired) electrons. The van der Waals surface area contributed by atoms with Gasteiger partial charge in [0.15, 0.2) is 6.61 Å². The first-order chi connectivity index (χ1) is 9.22. The lowest BCUT2D eigenvalue weighted by Gasteiger charge is -2.33. The number of likely N-dealkylation sites (tertiary alicyclic amines) is 1. The van der Waals surface area contributed by atoms with E-state index in [1.807, 2.05) is 29.2 Å². The first kappa shape index (κ1) is 13.9. The zero-order valence-electron chi connectivity index (χ0n) is 11.9. The van der Waals surface area contributed by atoms with Crippen LogP contribution in [-0.2, 0) is 11.2 Å². The molecule has 1 saturated heterocycles. The minimum Gasteiger partial charge on any atom is -0.483 e. The third-order valence-electron chi connectivity index (χ3n) is 3.83. The molecule has 104 valence electrons. The summed E-state index contributed by atoms with van der Waals surface area (Å²) in [6.07, 6.45) is 4.37. The summed E-state index contributed by atoms with van der Waals surface area (Å²) in [4.78, 5) is 14.1. The van der Waals surface area contributed by atoms with Crippen molar-refractivity contribution in [2.75, 3.05) is 13.2 Å². The Morgan fingerprint density at radius 1 is 1.37 bits per heavy atom. The Hall–Kier alpha value is -1.51. The number of aryl methyl sites for hydroxylation is 1. The quantitative estimate of drug-likeness (QED) is 0.833. The Morgan fingerprint density at radius 3 is 2.89 bits per heavy atom. The van der Waals surface area contributed by atoms with Gasteiger partial charge in [0.2, 0.25) is 0 Å². The van der Waals surface area contributed by atoms with Crippen LogP contribution in [-0.4, -0.2) is 30.0 Å². The topological polar surface area (TPSA) is 29.5 Å². The molecule has 19 heavy (non-hydrogen) atoms. The second-order valence-corrected chi connectivity index (χ2v) is 5.18. The van der Waals surface area contributed by atoms with Gasteiger partial charge in [-0.15, -0.1) is 0 Å². The molecule has 1 fully saturated rings. The highest BCUT2D eigenvalue weighted by Gasteiger charge is 2.23. The number of ether oxygens (including phenoxy) is 1. The molecule has 1 amide bonds. The summed E-state index contributed by atoms with van der Waals surface area (Å²) in [6, 6.07) is 8.28. The lowest BCUT2D eigenvalue weighted by molar-refractivity contribution is -0.136. The van der Waals surface area contributed by atoms with Crippen LogP contribution in [0, 0.1) is 0 Å². The molecule has 0 bridgehead atoms. The van der Waals surface area contributed by atoms with Crippen LogP contribution in [0.15, 0.2) is 24.3 Å². The van der Waals surface area contributed by atoms with E-state index in [2.05, 4.69) is 13.8 Å². The summed E-state index contributed by atoms with van der Waals surface area (Å²) >= 11 is 0. The average molecular weight is 261 g/mol. The van der Waals surface area contributed by atoms with Gasteiger partial charge in [0.1, 0.15) is 5.75 Å². The van der Waals surface area contributed by atoms with E-state index >= 15 is 0 Å². The number of hydrogen-bond donors (Lipinski definition) is 0. The highest BCUT2D eigenvalue weighted by atomic mass is 16.5. The Labute approximate surface area is 115 Å². The highest BCUT2D eigenvalue weighted by Crippen LogP contribution is 2.20. The van der Waals surface area contributed by atoms with E-state index in [-0.39, 0.29) is 12.5 Å². The van der Waals surface area contributed by atoms with Gasteiger partial charge in [0.05, 0.1) is 0 Å². The van der Waals surface area contributed by atoms with Gasteiger partial charge in [0.25, 0.3) is 5.91 Å². The molecule has 0 N–H and O–H groups in total. The van der Waals surface area contributed by atoms with Crippen molar-refractivity contribution >= 4 is 5.91 Å². The predicted octanol–water partition coefficient (Wildman–Crippen LogP) is 3.03. The summed E-state index contributed by atoms with van der Waals surface area (Å²) in [5.41, 5.74) is 1.15. The molecule has 1 aliphatic rings. The normalized spacial score (nSPS) is 19.3. The number of carbonyl (C=O) groups is 1. The molecule has 0 aromatic heterocycles. The van der Waals surface area contributed by atoms with Gasteiger partial charge >= 0.3 is 0 Å². The molecule has 3 nitrogen and oxygen atoms in total. The third-order valence-corrected chi connectivity index (χ3v) is 3.83. The lowest BCUT2D eigenvalue weighted by Crippen LogP contribution is -2.44. The van der Waals surface area contributed by atoms with Crippen molar-refractivity contribution in [1.82, 2.24) is 4.90 Å². The van der Waals surface area contributed by atoms with E-state index in [4.69, 9.17) is 4.74 Å². The van der Waals surface area contributed by atoms with Gasteiger partial charge in [-0.2, -0.15) is 0 Å². The average Bonchev–Trinajstić information content (AvgIpc) is 2.45. The third kappa shape index (κ3) is 3.49. The van der Waals surface area contributed by atoms with Crippen LogP contribution in [0.2, 0.25) is 0 Å². The number of para-hydroxylation sites is 1. The first-order valence-electron chi connectivity index (χ1n) is 7.22. The van der Waals surface area contributed by atoms with Crippen LogP contribution >= 0.6 is 0 Å². The minimum atomic E-state index is 0.109. The molecule has 0 aliphatic carbocycles. The standard InChI is InChI=1S/C16H23NO2/c1-3-14-9-4-5-10-15(14)19-12-16(18)17-11-7-6-8-13(17)2/h4-5,9-10,13H,3,6-8,11-12H2,1-2H3. The number of carbonyl (C=O) groups excluding carboxylic acids is 1. The zero-order valence-corrected chi connectivity index (χ0v) is 11.9. The van der Waals surface area contributed by atoms with Gasteiger partial charge in [-0.1, -0.05) is 25.1 Å². The second kappa shape index (κ2) is 6.60. The Kier molecular flexibility index (Phi) is 4.83. The van der Waals surface area contributed by atoms with Gasteiger partial charge in [-0.05, 0) is 44.2 Å². The first-order valence-corrected chi connectivity index (χ1v) is 7.22. The summed E-state index contributed by atoms with van der Waals surface area (Å²) in [7, 11) is 0. The fourth-order valence-corrected chi connectivity index (χ4v) is 2.63. The number of amides is 1. The number of hydrogen-bond acceptors (Lipinski definition) is 2. The summed E-state index contributed by atoms with van der Waals surface area (Å²) in [5.74, 6) is 0.945. The summed E-state index contributed by atoms with van der Waals surface area (Å²) < 4.78 is 5.70. The molecule has 1 unspecified atom stereocenters. The van der Waals surface area contributed by atoms with Crippen molar-refractivity contribution in [2.24, 2.45) is 0 Å². The molecule has 1 heterocycles. The van der Waals surface area contributed by atoms with E-state index in [0.29, 0.717) is 6.04 Å². The molecule has 3 heteroatoms. The van der Waals surface area contributed by atoms with E-state index < -0.39 is 0 Å². The van der Waals surface area contributed by atoms with E-state index in [0.717, 1.165) is 37.1 Å². The van der Waals surface area contributed by atoms with Gasteiger partial charge in [-0.3, -0.25) is 4.79 Å². The number of rotatable bonds is 4. The molecule has 1 atom stereocenters. The van der Waals surface area contributed by atoms with Crippen LogP contribution in [0.5, 0.6) is 5.75 Å². The number of benzene rings is 1. The van der Waals surface area contributed by atoms with Gasteiger partial charge in [0, 0.05) is 12.6 Å². The molecule has 2 rings (SSSR count). The molecule has 1 aliphatic heterocycles. The molecule has 1 aromatic carbocycles. The van der Waals surface area contributed by atoms with Crippen molar-refractivity contribution in [2.45, 2.75) is 45.6 Å². The van der Waals surface area contributed by atoms with Crippen LogP contribution in [0.1, 0.15) is 38.7 Å². The van der Waals surface area contributed by atoms with Gasteiger partial charge < -0.3 is 9.64 Å². The molecular formula is C16H23NO2. The van der Waals surface area contributed by atoms with E-state index in [1.165, 1.54) is 6.42 Å². The molecule has 0 spiro atoms. The van der Waals surface area contributed by atoms with Crippen molar-refractivity contribution in [3.8, 4) is 5.75 Å². The summed E-state index contributed by atoms with van der Waals surface area (Å²) in [6.45, 7) is 5.24. The van der Waals surface area contributed by atoms with Gasteiger partial charge in [-0.25, -0.2) is 0 Å². The fourth-order valence-electron chi connectivity index (χ4n) is 2.63. The van der Waals surface area contributed by atoms with Crippen LogP contribution in [0.3, 0.4) is 0 Å². The predicted molar refractivity (Wildman–Crippen MR) is 76.3 cm³/mol.